The Balaban J connectivity index is 1.56. The fourth-order valence-corrected chi connectivity index (χ4v) is 3.38. The highest BCUT2D eigenvalue weighted by Gasteiger charge is 2.16. The second kappa shape index (κ2) is 7.79. The van der Waals surface area contributed by atoms with Crippen LogP contribution < -0.4 is 10.2 Å². The molecule has 1 saturated heterocycles. The minimum Gasteiger partial charge on any atom is -0.370 e. The zero-order valence-corrected chi connectivity index (χ0v) is 15.4. The number of aromatic nitrogens is 1. The minimum absolute atomic E-state index is 0.0554. The summed E-state index contributed by atoms with van der Waals surface area (Å²) in [5.41, 5.74) is 2.10. The number of nitrogens with one attached hydrogen (secondary N) is 1. The lowest BCUT2D eigenvalue weighted by atomic mass is 9.99. The van der Waals surface area contributed by atoms with Gasteiger partial charge < -0.3 is 10.2 Å². The second-order valence-corrected chi connectivity index (χ2v) is 7.34. The van der Waals surface area contributed by atoms with Crippen LogP contribution in [0.15, 0.2) is 47.1 Å². The van der Waals surface area contributed by atoms with Crippen LogP contribution in [0, 0.1) is 5.92 Å². The van der Waals surface area contributed by atoms with Gasteiger partial charge in [-0.2, -0.15) is 0 Å². The maximum atomic E-state index is 12.1. The number of halogens is 1. The van der Waals surface area contributed by atoms with Crippen LogP contribution in [0.1, 0.15) is 25.3 Å². The van der Waals surface area contributed by atoms with Gasteiger partial charge in [-0.05, 0) is 48.6 Å². The van der Waals surface area contributed by atoms with Crippen LogP contribution in [0.2, 0.25) is 0 Å². The summed E-state index contributed by atoms with van der Waals surface area (Å²) in [4.78, 5) is 18.9. The molecule has 0 bridgehead atoms. The number of piperidine rings is 1. The summed E-state index contributed by atoms with van der Waals surface area (Å²) in [6.07, 6.45) is 4.65. The van der Waals surface area contributed by atoms with E-state index in [1.165, 1.54) is 12.8 Å². The topological polar surface area (TPSA) is 45.2 Å². The van der Waals surface area contributed by atoms with Gasteiger partial charge in [-0.3, -0.25) is 4.79 Å². The Morgan fingerprint density at radius 2 is 2.08 bits per heavy atom. The van der Waals surface area contributed by atoms with Crippen molar-refractivity contribution in [1.82, 2.24) is 4.98 Å². The molecule has 1 aliphatic heterocycles. The van der Waals surface area contributed by atoms with E-state index in [1.807, 2.05) is 42.6 Å². The zero-order valence-electron chi connectivity index (χ0n) is 13.8. The second-order valence-electron chi connectivity index (χ2n) is 6.43. The van der Waals surface area contributed by atoms with Gasteiger partial charge in [0.1, 0.15) is 5.82 Å². The number of anilines is 2. The van der Waals surface area contributed by atoms with Crippen LogP contribution in [0.25, 0.3) is 0 Å². The standard InChI is InChI=1S/C19H22BrN3O/c1-14-7-9-23(10-8-14)17-5-6-18(21-13-17)22-19(24)12-15-3-2-4-16(20)11-15/h2-6,11,13-14H,7-10,12H2,1H3,(H,21,22,24). The first-order valence-electron chi connectivity index (χ1n) is 8.35. The molecule has 24 heavy (non-hydrogen) atoms. The van der Waals surface area contributed by atoms with Gasteiger partial charge in [-0.15, -0.1) is 0 Å². The molecule has 4 nitrogen and oxygen atoms in total. The van der Waals surface area contributed by atoms with Crippen molar-refractivity contribution in [1.29, 1.82) is 0 Å². The van der Waals surface area contributed by atoms with Crippen molar-refractivity contribution >= 4 is 33.3 Å². The smallest absolute Gasteiger partial charge is 0.229 e. The fraction of sp³-hybridized carbons (Fsp3) is 0.368. The quantitative estimate of drug-likeness (QED) is 0.851. The third-order valence-corrected chi connectivity index (χ3v) is 4.91. The molecular formula is C19H22BrN3O. The molecule has 1 aliphatic rings. The first kappa shape index (κ1) is 17.0. The van der Waals surface area contributed by atoms with Crippen molar-refractivity contribution in [2.24, 2.45) is 5.92 Å². The number of amides is 1. The van der Waals surface area contributed by atoms with Gasteiger partial charge >= 0.3 is 0 Å². The average Bonchev–Trinajstić information content (AvgIpc) is 2.56. The van der Waals surface area contributed by atoms with Crippen LogP contribution in [0.4, 0.5) is 11.5 Å². The number of benzene rings is 1. The Labute approximate surface area is 151 Å². The predicted octanol–water partition coefficient (Wildman–Crippen LogP) is 4.26. The maximum Gasteiger partial charge on any atom is 0.229 e. The van der Waals surface area contributed by atoms with Gasteiger partial charge in [0.25, 0.3) is 0 Å². The normalized spacial score (nSPS) is 15.3. The molecule has 2 heterocycles. The van der Waals surface area contributed by atoms with E-state index >= 15 is 0 Å². The summed E-state index contributed by atoms with van der Waals surface area (Å²) in [5, 5.41) is 2.86. The Kier molecular flexibility index (Phi) is 5.51. The van der Waals surface area contributed by atoms with Crippen LogP contribution in [0.3, 0.4) is 0 Å². The molecule has 3 rings (SSSR count). The number of rotatable bonds is 4. The number of pyridine rings is 1. The molecule has 1 aromatic heterocycles. The average molecular weight is 388 g/mol. The van der Waals surface area contributed by atoms with Crippen molar-refractivity contribution in [3.05, 3.63) is 52.6 Å². The number of carbonyl (C=O) groups is 1. The van der Waals surface area contributed by atoms with Crippen LogP contribution in [-0.2, 0) is 11.2 Å². The molecule has 1 fully saturated rings. The van der Waals surface area contributed by atoms with Crippen molar-refractivity contribution in [3.8, 4) is 0 Å². The summed E-state index contributed by atoms with van der Waals surface area (Å²) in [5.74, 6) is 1.36. The molecule has 2 aromatic rings. The van der Waals surface area contributed by atoms with Crippen LogP contribution in [0.5, 0.6) is 0 Å². The monoisotopic (exact) mass is 387 g/mol. The highest BCUT2D eigenvalue weighted by molar-refractivity contribution is 9.10. The van der Waals surface area contributed by atoms with E-state index in [4.69, 9.17) is 0 Å². The molecule has 5 heteroatoms. The van der Waals surface area contributed by atoms with Crippen LogP contribution in [-0.4, -0.2) is 24.0 Å². The van der Waals surface area contributed by atoms with Gasteiger partial charge in [0.05, 0.1) is 18.3 Å². The van der Waals surface area contributed by atoms with E-state index in [0.717, 1.165) is 34.7 Å². The van der Waals surface area contributed by atoms with Crippen molar-refractivity contribution in [2.45, 2.75) is 26.2 Å². The molecular weight excluding hydrogens is 366 g/mol. The molecule has 126 valence electrons. The zero-order chi connectivity index (χ0) is 16.9. The minimum atomic E-state index is -0.0554. The number of carbonyl (C=O) groups excluding carboxylic acids is 1. The lowest BCUT2D eigenvalue weighted by Gasteiger charge is -2.31. The van der Waals surface area contributed by atoms with Gasteiger partial charge in [0.15, 0.2) is 0 Å². The van der Waals surface area contributed by atoms with Crippen molar-refractivity contribution in [3.63, 3.8) is 0 Å². The first-order valence-corrected chi connectivity index (χ1v) is 9.15. The SMILES string of the molecule is CC1CCN(c2ccc(NC(=O)Cc3cccc(Br)c3)nc2)CC1. The van der Waals surface area contributed by atoms with Gasteiger partial charge in [0, 0.05) is 17.6 Å². The summed E-state index contributed by atoms with van der Waals surface area (Å²) >= 11 is 3.42. The third kappa shape index (κ3) is 4.57. The van der Waals surface area contributed by atoms with E-state index in [9.17, 15) is 4.79 Å². The van der Waals surface area contributed by atoms with E-state index in [1.54, 1.807) is 0 Å². The molecule has 0 aliphatic carbocycles. The molecule has 0 atom stereocenters. The summed E-state index contributed by atoms with van der Waals surface area (Å²) in [7, 11) is 0. The van der Waals surface area contributed by atoms with Crippen LogP contribution >= 0.6 is 15.9 Å². The highest BCUT2D eigenvalue weighted by atomic mass is 79.9. The van der Waals surface area contributed by atoms with Crippen molar-refractivity contribution in [2.75, 3.05) is 23.3 Å². The van der Waals surface area contributed by atoms with Gasteiger partial charge in [-0.25, -0.2) is 4.98 Å². The number of hydrogen-bond donors (Lipinski definition) is 1. The Bertz CT molecular complexity index is 694. The molecule has 0 unspecified atom stereocenters. The van der Waals surface area contributed by atoms with E-state index in [-0.39, 0.29) is 5.91 Å². The Morgan fingerprint density at radius 1 is 1.29 bits per heavy atom. The van der Waals surface area contributed by atoms with E-state index in [2.05, 4.69) is 38.1 Å². The summed E-state index contributed by atoms with van der Waals surface area (Å²) in [6.45, 7) is 4.47. The van der Waals surface area contributed by atoms with Gasteiger partial charge in [-0.1, -0.05) is 35.0 Å². The third-order valence-electron chi connectivity index (χ3n) is 4.42. The Morgan fingerprint density at radius 3 is 2.75 bits per heavy atom. The van der Waals surface area contributed by atoms with E-state index < -0.39 is 0 Å². The fourth-order valence-electron chi connectivity index (χ4n) is 2.93. The lowest BCUT2D eigenvalue weighted by molar-refractivity contribution is -0.115. The molecule has 1 amide bonds. The van der Waals surface area contributed by atoms with E-state index in [0.29, 0.717) is 12.2 Å². The van der Waals surface area contributed by atoms with Gasteiger partial charge in [0.2, 0.25) is 5.91 Å². The number of nitrogens with zero attached hydrogens (tertiary/aromatic N) is 2. The molecule has 1 N–H and O–H groups in total. The molecule has 0 spiro atoms. The molecule has 0 radical (unpaired) electrons. The lowest BCUT2D eigenvalue weighted by Crippen LogP contribution is -2.32. The number of hydrogen-bond acceptors (Lipinski definition) is 3. The molecule has 1 aromatic carbocycles. The predicted molar refractivity (Wildman–Crippen MR) is 101 cm³/mol. The highest BCUT2D eigenvalue weighted by Crippen LogP contribution is 2.23. The summed E-state index contributed by atoms with van der Waals surface area (Å²) < 4.78 is 0.978. The van der Waals surface area contributed by atoms with Crippen molar-refractivity contribution < 1.29 is 4.79 Å². The first-order chi connectivity index (χ1) is 11.6. The Hall–Kier alpha value is -1.88. The molecule has 0 saturated carbocycles. The largest absolute Gasteiger partial charge is 0.370 e. The maximum absolute atomic E-state index is 12.1. The summed E-state index contributed by atoms with van der Waals surface area (Å²) in [6, 6.07) is 11.7.